The predicted octanol–water partition coefficient (Wildman–Crippen LogP) is 1.52. The van der Waals surface area contributed by atoms with Gasteiger partial charge >= 0.3 is 0 Å². The molecule has 2 aliphatic rings. The molecule has 1 heterocycles. The molecule has 100 valence electrons. The predicted molar refractivity (Wildman–Crippen MR) is 70.7 cm³/mol. The number of rotatable bonds is 4. The average Bonchev–Trinajstić information content (AvgIpc) is 3.21. The molecule has 2 fully saturated rings. The van der Waals surface area contributed by atoms with Crippen LogP contribution >= 0.6 is 0 Å². The summed E-state index contributed by atoms with van der Waals surface area (Å²) in [5, 5.41) is 19.3. The minimum absolute atomic E-state index is 0.458. The van der Waals surface area contributed by atoms with Crippen molar-refractivity contribution in [1.29, 1.82) is 5.26 Å². The zero-order chi connectivity index (χ0) is 13.5. The number of aliphatic hydroxyl groups is 1. The second-order valence-corrected chi connectivity index (χ2v) is 5.66. The van der Waals surface area contributed by atoms with Gasteiger partial charge in [-0.25, -0.2) is 0 Å². The van der Waals surface area contributed by atoms with Gasteiger partial charge < -0.3 is 9.84 Å². The molecule has 19 heavy (non-hydrogen) atoms. The number of hydrogen-bond acceptors (Lipinski definition) is 4. The van der Waals surface area contributed by atoms with Crippen LogP contribution in [0.15, 0.2) is 18.2 Å². The molecule has 1 aliphatic heterocycles. The van der Waals surface area contributed by atoms with E-state index < -0.39 is 5.60 Å². The van der Waals surface area contributed by atoms with Crippen molar-refractivity contribution < 1.29 is 9.84 Å². The molecule has 3 rings (SSSR count). The molecule has 0 amide bonds. The number of β-amino-alcohol motifs (C(OH)–C–C–N with tert-alkyl or cyclic N) is 1. The minimum Gasteiger partial charge on any atom is -0.496 e. The number of ether oxygens (including phenoxy) is 1. The molecule has 0 atom stereocenters. The fourth-order valence-electron chi connectivity index (χ4n) is 2.93. The summed E-state index contributed by atoms with van der Waals surface area (Å²) < 4.78 is 5.33. The SMILES string of the molecule is COc1ccc(C#N)cc1CN1CC(O)(C2CC2)C1. The minimum atomic E-state index is -0.458. The number of nitriles is 1. The third-order valence-corrected chi connectivity index (χ3v) is 4.14. The maximum Gasteiger partial charge on any atom is 0.123 e. The number of hydrogen-bond donors (Lipinski definition) is 1. The topological polar surface area (TPSA) is 56.5 Å². The standard InChI is InChI=1S/C15H18N2O2/c1-19-14-5-2-11(7-16)6-12(14)8-17-9-15(18,10-17)13-3-4-13/h2,5-6,13,18H,3-4,8-10H2,1H3. The van der Waals surface area contributed by atoms with E-state index in [9.17, 15) is 5.11 Å². The first kappa shape index (κ1) is 12.5. The molecule has 1 aliphatic carbocycles. The van der Waals surface area contributed by atoms with Gasteiger partial charge in [-0.2, -0.15) is 5.26 Å². The molecule has 0 unspecified atom stereocenters. The van der Waals surface area contributed by atoms with Crippen molar-refractivity contribution in [1.82, 2.24) is 4.90 Å². The molecule has 1 aromatic carbocycles. The number of benzene rings is 1. The van der Waals surface area contributed by atoms with E-state index >= 15 is 0 Å². The van der Waals surface area contributed by atoms with Gasteiger partial charge in [-0.1, -0.05) is 0 Å². The van der Waals surface area contributed by atoms with E-state index in [4.69, 9.17) is 10.00 Å². The lowest BCUT2D eigenvalue weighted by atomic mass is 9.88. The lowest BCUT2D eigenvalue weighted by Gasteiger charge is -2.47. The molecule has 1 saturated carbocycles. The molecule has 0 spiro atoms. The fourth-order valence-corrected chi connectivity index (χ4v) is 2.93. The zero-order valence-electron chi connectivity index (χ0n) is 11.1. The van der Waals surface area contributed by atoms with Gasteiger partial charge in [-0.15, -0.1) is 0 Å². The van der Waals surface area contributed by atoms with Crippen molar-refractivity contribution in [3.8, 4) is 11.8 Å². The van der Waals surface area contributed by atoms with Gasteiger partial charge in [0, 0.05) is 25.2 Å². The van der Waals surface area contributed by atoms with Gasteiger partial charge in [0.25, 0.3) is 0 Å². The van der Waals surface area contributed by atoms with Crippen molar-refractivity contribution in [2.45, 2.75) is 25.0 Å². The van der Waals surface area contributed by atoms with Crippen LogP contribution in [-0.4, -0.2) is 35.8 Å². The molecule has 0 aromatic heterocycles. The van der Waals surface area contributed by atoms with E-state index in [-0.39, 0.29) is 0 Å². The van der Waals surface area contributed by atoms with E-state index in [1.54, 1.807) is 13.2 Å². The van der Waals surface area contributed by atoms with Crippen LogP contribution in [0.4, 0.5) is 0 Å². The summed E-state index contributed by atoms with van der Waals surface area (Å²) in [5.74, 6) is 1.32. The summed E-state index contributed by atoms with van der Waals surface area (Å²) in [5.41, 5.74) is 1.20. The van der Waals surface area contributed by atoms with Crippen molar-refractivity contribution in [3.63, 3.8) is 0 Å². The molecule has 0 bridgehead atoms. The lowest BCUT2D eigenvalue weighted by Crippen LogP contribution is -2.62. The van der Waals surface area contributed by atoms with Crippen LogP contribution in [0.25, 0.3) is 0 Å². The Morgan fingerprint density at radius 1 is 1.47 bits per heavy atom. The summed E-state index contributed by atoms with van der Waals surface area (Å²) in [6.45, 7) is 2.20. The maximum absolute atomic E-state index is 10.3. The van der Waals surface area contributed by atoms with Crippen LogP contribution in [0.2, 0.25) is 0 Å². The summed E-state index contributed by atoms with van der Waals surface area (Å²) >= 11 is 0. The van der Waals surface area contributed by atoms with Crippen LogP contribution in [0, 0.1) is 17.2 Å². The van der Waals surface area contributed by atoms with Gasteiger partial charge in [0.2, 0.25) is 0 Å². The maximum atomic E-state index is 10.3. The highest BCUT2D eigenvalue weighted by molar-refractivity contribution is 5.42. The van der Waals surface area contributed by atoms with E-state index in [1.165, 1.54) is 0 Å². The third-order valence-electron chi connectivity index (χ3n) is 4.14. The Kier molecular flexibility index (Phi) is 2.96. The molecule has 4 nitrogen and oxygen atoms in total. The first-order chi connectivity index (χ1) is 9.14. The Bertz CT molecular complexity index is 525. The largest absolute Gasteiger partial charge is 0.496 e. The van der Waals surface area contributed by atoms with Gasteiger partial charge in [0.05, 0.1) is 24.3 Å². The monoisotopic (exact) mass is 258 g/mol. The van der Waals surface area contributed by atoms with Crippen LogP contribution in [0.5, 0.6) is 5.75 Å². The summed E-state index contributed by atoms with van der Waals surface area (Å²) in [6, 6.07) is 7.61. The average molecular weight is 258 g/mol. The second kappa shape index (κ2) is 4.52. The zero-order valence-corrected chi connectivity index (χ0v) is 11.1. The highest BCUT2D eigenvalue weighted by atomic mass is 16.5. The second-order valence-electron chi connectivity index (χ2n) is 5.66. The van der Waals surface area contributed by atoms with E-state index in [1.807, 2.05) is 12.1 Å². The van der Waals surface area contributed by atoms with E-state index in [2.05, 4.69) is 11.0 Å². The van der Waals surface area contributed by atoms with Crippen molar-refractivity contribution in [2.75, 3.05) is 20.2 Å². The van der Waals surface area contributed by atoms with Crippen molar-refractivity contribution in [2.24, 2.45) is 5.92 Å². The Hall–Kier alpha value is -1.57. The number of methoxy groups -OCH3 is 1. The quantitative estimate of drug-likeness (QED) is 0.889. The van der Waals surface area contributed by atoms with Crippen LogP contribution < -0.4 is 4.74 Å². The molecule has 1 N–H and O–H groups in total. The molecular formula is C15H18N2O2. The van der Waals surface area contributed by atoms with Gasteiger partial charge in [0.15, 0.2) is 0 Å². The Morgan fingerprint density at radius 3 is 2.79 bits per heavy atom. The lowest BCUT2D eigenvalue weighted by molar-refractivity contribution is -0.116. The van der Waals surface area contributed by atoms with Crippen LogP contribution in [-0.2, 0) is 6.54 Å². The first-order valence-corrected chi connectivity index (χ1v) is 6.66. The van der Waals surface area contributed by atoms with E-state index in [0.717, 1.165) is 43.8 Å². The van der Waals surface area contributed by atoms with Gasteiger partial charge in [-0.3, -0.25) is 4.90 Å². The number of likely N-dealkylation sites (tertiary alicyclic amines) is 1. The summed E-state index contributed by atoms with van der Waals surface area (Å²) in [7, 11) is 1.64. The molecule has 1 aromatic rings. The van der Waals surface area contributed by atoms with Gasteiger partial charge in [-0.05, 0) is 37.0 Å². The molecular weight excluding hydrogens is 240 g/mol. The molecule has 0 radical (unpaired) electrons. The summed E-state index contributed by atoms with van der Waals surface area (Å²) in [4.78, 5) is 2.21. The fraction of sp³-hybridized carbons (Fsp3) is 0.533. The Morgan fingerprint density at radius 2 is 2.21 bits per heavy atom. The van der Waals surface area contributed by atoms with Crippen molar-refractivity contribution >= 4 is 0 Å². The Balaban J connectivity index is 1.68. The molecule has 4 heteroatoms. The highest BCUT2D eigenvalue weighted by Crippen LogP contribution is 2.45. The van der Waals surface area contributed by atoms with E-state index in [0.29, 0.717) is 11.5 Å². The first-order valence-electron chi connectivity index (χ1n) is 6.66. The van der Waals surface area contributed by atoms with Crippen LogP contribution in [0.3, 0.4) is 0 Å². The normalized spacial score (nSPS) is 21.5. The van der Waals surface area contributed by atoms with Gasteiger partial charge in [0.1, 0.15) is 5.75 Å². The smallest absolute Gasteiger partial charge is 0.123 e. The third kappa shape index (κ3) is 2.32. The number of nitrogens with zero attached hydrogens (tertiary/aromatic N) is 2. The summed E-state index contributed by atoms with van der Waals surface area (Å²) in [6.07, 6.45) is 2.33. The molecule has 1 saturated heterocycles. The van der Waals surface area contributed by atoms with Crippen LogP contribution in [0.1, 0.15) is 24.0 Å². The van der Waals surface area contributed by atoms with Crippen molar-refractivity contribution in [3.05, 3.63) is 29.3 Å². The highest BCUT2D eigenvalue weighted by Gasteiger charge is 2.51. The Labute approximate surface area is 113 Å².